The van der Waals surface area contributed by atoms with E-state index in [-0.39, 0.29) is 37.2 Å². The number of carbonyl (C=O) groups is 4. The maximum Gasteiger partial charge on any atom is 0.321 e. The van der Waals surface area contributed by atoms with E-state index in [4.69, 9.17) is 49.7 Å². The van der Waals surface area contributed by atoms with Crippen LogP contribution in [0, 0.1) is 0 Å². The number of amides is 2. The molecule has 2 atom stereocenters. The van der Waals surface area contributed by atoms with E-state index in [1.165, 1.54) is 0 Å². The molecule has 0 bridgehead atoms. The molecule has 22 nitrogen and oxygen atoms in total. The molecule has 1 fully saturated rings. The van der Waals surface area contributed by atoms with Gasteiger partial charge in [-0.05, 0) is 24.1 Å². The third-order valence-corrected chi connectivity index (χ3v) is 12.2. The molecule has 8 N–H and O–H groups in total. The number of carbonyl (C=O) groups excluding carboxylic acids is 2. The lowest BCUT2D eigenvalue weighted by atomic mass is 10.1. The van der Waals surface area contributed by atoms with Gasteiger partial charge in [0.25, 0.3) is 0 Å². The van der Waals surface area contributed by atoms with Crippen molar-refractivity contribution in [3.8, 4) is 5.75 Å². The van der Waals surface area contributed by atoms with E-state index in [0.717, 1.165) is 90.9 Å². The van der Waals surface area contributed by atoms with Gasteiger partial charge < -0.3 is 74.9 Å². The SMILES string of the molecule is CCCCCNc1nc(N)nc2ccn(Cc3ccc(CN4CCN(C(=O)CCOCCOCCOCCOCCOCCOCCNC(=O)CC(SCC(N)C(=O)O)C(=O)O)CC4)cc3OC)c12. The molecule has 0 saturated carbocycles. The number of fused-ring (bicyclic) bond motifs is 1. The number of rotatable bonds is 38. The Morgan fingerprint density at radius 1 is 0.783 bits per heavy atom. The van der Waals surface area contributed by atoms with Gasteiger partial charge >= 0.3 is 11.9 Å². The van der Waals surface area contributed by atoms with Crippen LogP contribution in [0.1, 0.15) is 50.2 Å². The lowest BCUT2D eigenvalue weighted by molar-refractivity contribution is -0.139. The van der Waals surface area contributed by atoms with Crippen LogP contribution < -0.4 is 26.8 Å². The van der Waals surface area contributed by atoms with Crippen molar-refractivity contribution in [1.82, 2.24) is 29.7 Å². The Balaban J connectivity index is 0.942. The second-order valence-corrected chi connectivity index (χ2v) is 17.4. The van der Waals surface area contributed by atoms with Gasteiger partial charge in [0.1, 0.15) is 22.6 Å². The number of carboxylic acid groups (broad SMARTS) is 2. The number of hydrogen-bond acceptors (Lipinski definition) is 18. The Morgan fingerprint density at radius 2 is 1.41 bits per heavy atom. The number of nitrogens with two attached hydrogens (primary N) is 2. The number of nitrogens with one attached hydrogen (secondary N) is 2. The van der Waals surface area contributed by atoms with Crippen LogP contribution in [0.2, 0.25) is 0 Å². The molecular formula is C46H73N9O13S. The van der Waals surface area contributed by atoms with Crippen LogP contribution in [0.25, 0.3) is 11.0 Å². The fourth-order valence-corrected chi connectivity index (χ4v) is 8.10. The number of aromatic nitrogens is 3. The number of thioether (sulfide) groups is 1. The number of hydrogen-bond donors (Lipinski definition) is 6. The van der Waals surface area contributed by atoms with Crippen LogP contribution in [0.5, 0.6) is 5.75 Å². The molecule has 1 aliphatic rings. The Kier molecular flexibility index (Phi) is 27.0. The first kappa shape index (κ1) is 56.7. The number of unbranched alkanes of at least 4 members (excludes halogenated alkanes) is 2. The molecule has 3 aromatic rings. The van der Waals surface area contributed by atoms with Crippen molar-refractivity contribution in [3.63, 3.8) is 0 Å². The first-order chi connectivity index (χ1) is 33.5. The van der Waals surface area contributed by atoms with E-state index in [0.29, 0.717) is 98.7 Å². The van der Waals surface area contributed by atoms with Gasteiger partial charge in [-0.2, -0.15) is 4.98 Å². The molecule has 0 spiro atoms. The minimum atomic E-state index is -1.24. The number of nitrogen functional groups attached to an aromatic ring is 1. The van der Waals surface area contributed by atoms with Crippen molar-refractivity contribution in [2.75, 3.05) is 142 Å². The summed E-state index contributed by atoms with van der Waals surface area (Å²) in [5.41, 5.74) is 15.3. The highest BCUT2D eigenvalue weighted by atomic mass is 32.2. The first-order valence-electron chi connectivity index (χ1n) is 23.6. The van der Waals surface area contributed by atoms with Crippen LogP contribution in [0.3, 0.4) is 0 Å². The topological polar surface area (TPSA) is 287 Å². The highest BCUT2D eigenvalue weighted by Crippen LogP contribution is 2.28. The second-order valence-electron chi connectivity index (χ2n) is 16.1. The fourth-order valence-electron chi connectivity index (χ4n) is 7.11. The van der Waals surface area contributed by atoms with Crippen LogP contribution in [-0.4, -0.2) is 201 Å². The molecule has 4 rings (SSSR count). The summed E-state index contributed by atoms with van der Waals surface area (Å²) in [5, 5.41) is 23.0. The lowest BCUT2D eigenvalue weighted by Gasteiger charge is -2.35. The van der Waals surface area contributed by atoms with Crippen molar-refractivity contribution >= 4 is 58.3 Å². The number of carboxylic acids is 2. The largest absolute Gasteiger partial charge is 0.496 e. The van der Waals surface area contributed by atoms with E-state index in [9.17, 15) is 24.3 Å². The Labute approximate surface area is 408 Å². The molecule has 69 heavy (non-hydrogen) atoms. The van der Waals surface area contributed by atoms with E-state index < -0.39 is 29.1 Å². The number of benzene rings is 1. The van der Waals surface area contributed by atoms with E-state index in [1.54, 1.807) is 7.11 Å². The lowest BCUT2D eigenvalue weighted by Crippen LogP contribution is -2.48. The van der Waals surface area contributed by atoms with E-state index >= 15 is 0 Å². The third-order valence-electron chi connectivity index (χ3n) is 10.9. The molecule has 386 valence electrons. The van der Waals surface area contributed by atoms with Gasteiger partial charge in [-0.3, -0.25) is 24.1 Å². The van der Waals surface area contributed by atoms with E-state index in [1.807, 2.05) is 17.2 Å². The van der Waals surface area contributed by atoms with Gasteiger partial charge in [-0.1, -0.05) is 31.9 Å². The van der Waals surface area contributed by atoms with Gasteiger partial charge in [0.05, 0.1) is 105 Å². The van der Waals surface area contributed by atoms with Crippen molar-refractivity contribution < 1.29 is 62.5 Å². The molecule has 2 amide bonds. The Hall–Kier alpha value is -4.85. The number of piperazine rings is 1. The van der Waals surface area contributed by atoms with Crippen molar-refractivity contribution in [2.24, 2.45) is 5.73 Å². The van der Waals surface area contributed by atoms with Gasteiger partial charge in [0.2, 0.25) is 17.8 Å². The molecular weight excluding hydrogens is 919 g/mol. The van der Waals surface area contributed by atoms with Crippen LogP contribution in [0.15, 0.2) is 30.5 Å². The van der Waals surface area contributed by atoms with Gasteiger partial charge in [0, 0.05) is 69.7 Å². The summed E-state index contributed by atoms with van der Waals surface area (Å²) in [6.07, 6.45) is 5.36. The zero-order valence-electron chi connectivity index (χ0n) is 40.1. The summed E-state index contributed by atoms with van der Waals surface area (Å²) in [4.78, 5) is 60.3. The zero-order valence-corrected chi connectivity index (χ0v) is 40.9. The highest BCUT2D eigenvalue weighted by Gasteiger charge is 2.25. The molecule has 1 aliphatic heterocycles. The number of ether oxygens (including phenoxy) is 7. The van der Waals surface area contributed by atoms with Gasteiger partial charge in [-0.25, -0.2) is 4.98 Å². The summed E-state index contributed by atoms with van der Waals surface area (Å²) < 4.78 is 41.0. The standard InChI is InChI=1S/C46H73N9O13S/c1-3-4-5-10-50-43-42-37(51-46(48)52-43)8-12-55(42)32-35-7-6-34(29-38(35)62-2)31-53-13-15-54(16-14-53)41(57)9-17-63-19-21-65-23-25-67-27-28-68-26-24-66-22-20-64-18-11-49-40(56)30-39(45(60)61)69-33-36(47)44(58)59/h6-8,12,29,36,39H,3-5,9-11,13-28,30-33,47H2,1-2H3,(H,49,56)(H,58,59)(H,60,61)(H3,48,50,51,52). The number of anilines is 2. The molecule has 0 radical (unpaired) electrons. The quantitative estimate of drug-likeness (QED) is 0.0447. The summed E-state index contributed by atoms with van der Waals surface area (Å²) in [6, 6.07) is 7.11. The molecule has 1 saturated heterocycles. The average molecular weight is 992 g/mol. The summed E-state index contributed by atoms with van der Waals surface area (Å²) in [5.74, 6) is -1.16. The number of methoxy groups -OCH3 is 1. The average Bonchev–Trinajstić information content (AvgIpc) is 3.74. The van der Waals surface area contributed by atoms with Gasteiger partial charge in [0.15, 0.2) is 5.82 Å². The molecule has 3 heterocycles. The monoisotopic (exact) mass is 992 g/mol. The number of aliphatic carboxylic acids is 2. The molecule has 2 aromatic heterocycles. The Bertz CT molecular complexity index is 1990. The molecule has 0 aliphatic carbocycles. The first-order valence-corrected chi connectivity index (χ1v) is 24.6. The van der Waals surface area contributed by atoms with Gasteiger partial charge in [-0.15, -0.1) is 11.8 Å². The second kappa shape index (κ2) is 32.9. The summed E-state index contributed by atoms with van der Waals surface area (Å²) in [7, 11) is 1.70. The fraction of sp³-hybridized carbons (Fsp3) is 0.652. The molecule has 2 unspecified atom stereocenters. The predicted molar refractivity (Wildman–Crippen MR) is 261 cm³/mol. The minimum absolute atomic E-state index is 0.0889. The maximum absolute atomic E-state index is 12.9. The third kappa shape index (κ3) is 21.8. The predicted octanol–water partition coefficient (Wildman–Crippen LogP) is 1.91. The smallest absolute Gasteiger partial charge is 0.321 e. The molecule has 23 heteroatoms. The van der Waals surface area contributed by atoms with Crippen molar-refractivity contribution in [3.05, 3.63) is 41.6 Å². The zero-order chi connectivity index (χ0) is 49.6. The Morgan fingerprint density at radius 3 is 2.00 bits per heavy atom. The highest BCUT2D eigenvalue weighted by molar-refractivity contribution is 8.00. The van der Waals surface area contributed by atoms with Crippen molar-refractivity contribution in [2.45, 2.75) is 63.4 Å². The number of nitrogens with zero attached hydrogens (tertiary/aromatic N) is 5. The van der Waals surface area contributed by atoms with Crippen LogP contribution in [0.4, 0.5) is 11.8 Å². The van der Waals surface area contributed by atoms with E-state index in [2.05, 4.69) is 55.2 Å². The van der Waals surface area contributed by atoms with Crippen LogP contribution >= 0.6 is 11.8 Å². The maximum atomic E-state index is 12.9. The summed E-state index contributed by atoms with van der Waals surface area (Å²) in [6.45, 7) is 11.8. The normalized spacial score (nSPS) is 13.9. The minimum Gasteiger partial charge on any atom is -0.496 e. The van der Waals surface area contributed by atoms with Crippen molar-refractivity contribution in [1.29, 1.82) is 0 Å². The summed E-state index contributed by atoms with van der Waals surface area (Å²) >= 11 is 0.813. The van der Waals surface area contributed by atoms with Crippen LogP contribution in [-0.2, 0) is 60.7 Å². The molecule has 1 aromatic carbocycles.